The predicted molar refractivity (Wildman–Crippen MR) is 84.4 cm³/mol. The number of thiophene rings is 1. The molecule has 3 amide bonds. The van der Waals surface area contributed by atoms with Crippen molar-refractivity contribution >= 4 is 23.3 Å². The lowest BCUT2D eigenvalue weighted by Crippen LogP contribution is -2.47. The molecule has 1 aromatic carbocycles. The first-order chi connectivity index (χ1) is 11.1. The first-order valence-corrected chi connectivity index (χ1v) is 7.59. The molecule has 0 fully saturated rings. The number of rotatable bonds is 4. The van der Waals surface area contributed by atoms with Crippen molar-refractivity contribution in [2.24, 2.45) is 0 Å². The molecule has 1 unspecified atom stereocenters. The van der Waals surface area contributed by atoms with E-state index in [1.54, 1.807) is 11.4 Å². The smallest absolute Gasteiger partial charge is 0.333 e. The van der Waals surface area contributed by atoms with E-state index >= 15 is 0 Å². The fraction of sp³-hybridized carbons (Fsp3) is 0.133. The Bertz CT molecular complexity index is 707. The zero-order valence-electron chi connectivity index (χ0n) is 11.9. The maximum absolute atomic E-state index is 11.8. The summed E-state index contributed by atoms with van der Waals surface area (Å²) in [5, 5.41) is 24.6. The predicted octanol–water partition coefficient (Wildman–Crippen LogP) is 1.30. The summed E-state index contributed by atoms with van der Waals surface area (Å²) in [6.07, 6.45) is -0.804. The Kier molecular flexibility index (Phi) is 5.68. The van der Waals surface area contributed by atoms with Gasteiger partial charge in [0, 0.05) is 12.1 Å². The van der Waals surface area contributed by atoms with E-state index < -0.39 is 18.0 Å². The van der Waals surface area contributed by atoms with Crippen molar-refractivity contribution in [3.63, 3.8) is 0 Å². The summed E-state index contributed by atoms with van der Waals surface area (Å²) in [6, 6.07) is 9.05. The highest BCUT2D eigenvalue weighted by Gasteiger charge is 2.11. The molecular formula is C15H14N4O3S. The molecular weight excluding hydrogens is 316 g/mol. The quantitative estimate of drug-likeness (QED) is 0.633. The van der Waals surface area contributed by atoms with E-state index in [0.29, 0.717) is 11.1 Å². The van der Waals surface area contributed by atoms with E-state index in [0.717, 1.165) is 5.56 Å². The monoisotopic (exact) mass is 330 g/mol. The lowest BCUT2D eigenvalue weighted by Gasteiger charge is -2.12. The number of carbonyl (C=O) groups is 2. The van der Waals surface area contributed by atoms with Crippen LogP contribution in [0.2, 0.25) is 0 Å². The zero-order valence-corrected chi connectivity index (χ0v) is 12.8. The van der Waals surface area contributed by atoms with E-state index in [9.17, 15) is 14.7 Å². The number of nitrogens with one attached hydrogen (secondary N) is 3. The van der Waals surface area contributed by atoms with Crippen LogP contribution in [0, 0.1) is 11.3 Å². The number of nitriles is 1. The van der Waals surface area contributed by atoms with Gasteiger partial charge in [0.25, 0.3) is 5.91 Å². The summed E-state index contributed by atoms with van der Waals surface area (Å²) in [5.74, 6) is -0.511. The molecule has 4 N–H and O–H groups in total. The third kappa shape index (κ3) is 4.81. The molecule has 7 nitrogen and oxygen atoms in total. The fourth-order valence-electron chi connectivity index (χ4n) is 1.70. The molecule has 23 heavy (non-hydrogen) atoms. The second-order valence-corrected chi connectivity index (χ2v) is 5.33. The molecule has 2 aromatic rings. The van der Waals surface area contributed by atoms with Crippen molar-refractivity contribution in [2.45, 2.75) is 6.10 Å². The minimum Gasteiger partial charge on any atom is -0.387 e. The Morgan fingerprint density at radius 1 is 1.22 bits per heavy atom. The van der Waals surface area contributed by atoms with Gasteiger partial charge in [-0.25, -0.2) is 10.2 Å². The Hall–Kier alpha value is -2.89. The van der Waals surface area contributed by atoms with Gasteiger partial charge >= 0.3 is 6.03 Å². The van der Waals surface area contributed by atoms with Crippen LogP contribution in [0.3, 0.4) is 0 Å². The lowest BCUT2D eigenvalue weighted by molar-refractivity contribution is 0.0935. The summed E-state index contributed by atoms with van der Waals surface area (Å²) in [6.45, 7) is 0.0231. The summed E-state index contributed by atoms with van der Waals surface area (Å²) < 4.78 is 0. The van der Waals surface area contributed by atoms with Crippen LogP contribution in [-0.2, 0) is 0 Å². The molecule has 118 valence electrons. The average Bonchev–Trinajstić information content (AvgIpc) is 3.12. The Morgan fingerprint density at radius 3 is 2.57 bits per heavy atom. The molecule has 0 aliphatic rings. The first-order valence-electron chi connectivity index (χ1n) is 6.64. The lowest BCUT2D eigenvalue weighted by atomic mass is 10.1. The van der Waals surface area contributed by atoms with Crippen molar-refractivity contribution in [3.8, 4) is 6.07 Å². The number of amides is 3. The van der Waals surface area contributed by atoms with Gasteiger partial charge in [-0.2, -0.15) is 16.6 Å². The largest absolute Gasteiger partial charge is 0.387 e. The number of nitrogens with zero attached hydrogens (tertiary/aromatic N) is 1. The van der Waals surface area contributed by atoms with Crippen LogP contribution in [0.4, 0.5) is 4.79 Å². The van der Waals surface area contributed by atoms with Crippen LogP contribution in [0.1, 0.15) is 27.6 Å². The van der Waals surface area contributed by atoms with Crippen LogP contribution < -0.4 is 16.2 Å². The van der Waals surface area contributed by atoms with E-state index in [4.69, 9.17) is 5.26 Å². The van der Waals surface area contributed by atoms with Gasteiger partial charge in [0.05, 0.1) is 17.7 Å². The van der Waals surface area contributed by atoms with Gasteiger partial charge in [0.2, 0.25) is 0 Å². The summed E-state index contributed by atoms with van der Waals surface area (Å²) >= 11 is 1.45. The maximum atomic E-state index is 11.8. The molecule has 1 heterocycles. The van der Waals surface area contributed by atoms with Crippen molar-refractivity contribution in [1.82, 2.24) is 16.2 Å². The van der Waals surface area contributed by atoms with Crippen molar-refractivity contribution in [2.75, 3.05) is 6.54 Å². The number of hydrogen-bond acceptors (Lipinski definition) is 5. The first kappa shape index (κ1) is 16.5. The van der Waals surface area contributed by atoms with Gasteiger partial charge in [-0.15, -0.1) is 0 Å². The molecule has 8 heteroatoms. The number of aliphatic hydroxyl groups is 1. The number of carbonyl (C=O) groups excluding carboxylic acids is 2. The molecule has 1 aromatic heterocycles. The number of hydrogen-bond donors (Lipinski definition) is 4. The molecule has 0 aliphatic carbocycles. The Morgan fingerprint density at radius 2 is 1.96 bits per heavy atom. The Balaban J connectivity index is 1.75. The van der Waals surface area contributed by atoms with E-state index in [1.165, 1.54) is 35.6 Å². The van der Waals surface area contributed by atoms with E-state index in [-0.39, 0.29) is 6.54 Å². The molecule has 0 aliphatic heterocycles. The highest BCUT2D eigenvalue weighted by Crippen LogP contribution is 2.14. The topological polar surface area (TPSA) is 114 Å². The number of urea groups is 1. The van der Waals surface area contributed by atoms with E-state index in [2.05, 4.69) is 16.2 Å². The molecule has 0 bridgehead atoms. The number of aliphatic hydroxyl groups excluding tert-OH is 1. The van der Waals surface area contributed by atoms with Crippen LogP contribution in [0.25, 0.3) is 0 Å². The van der Waals surface area contributed by atoms with Gasteiger partial charge in [0.1, 0.15) is 0 Å². The molecule has 0 saturated heterocycles. The third-order valence-electron chi connectivity index (χ3n) is 2.95. The normalized spacial score (nSPS) is 11.1. The van der Waals surface area contributed by atoms with Crippen LogP contribution in [0.5, 0.6) is 0 Å². The molecule has 0 radical (unpaired) electrons. The van der Waals surface area contributed by atoms with Gasteiger partial charge in [-0.1, -0.05) is 0 Å². The van der Waals surface area contributed by atoms with Crippen molar-refractivity contribution in [3.05, 3.63) is 57.8 Å². The van der Waals surface area contributed by atoms with Gasteiger partial charge in [0.15, 0.2) is 0 Å². The van der Waals surface area contributed by atoms with Crippen LogP contribution in [-0.4, -0.2) is 23.6 Å². The summed E-state index contributed by atoms with van der Waals surface area (Å²) in [7, 11) is 0. The van der Waals surface area contributed by atoms with Crippen molar-refractivity contribution < 1.29 is 14.7 Å². The highest BCUT2D eigenvalue weighted by molar-refractivity contribution is 7.07. The van der Waals surface area contributed by atoms with Gasteiger partial charge in [-0.05, 0) is 46.7 Å². The minimum absolute atomic E-state index is 0.0231. The SMILES string of the molecule is N#Cc1ccc(C(=O)NNC(=O)NCC(O)c2ccsc2)cc1. The zero-order chi connectivity index (χ0) is 16.7. The number of benzene rings is 1. The highest BCUT2D eigenvalue weighted by atomic mass is 32.1. The van der Waals surface area contributed by atoms with Gasteiger partial charge < -0.3 is 10.4 Å². The summed E-state index contributed by atoms with van der Waals surface area (Å²) in [4.78, 5) is 23.4. The third-order valence-corrected chi connectivity index (χ3v) is 3.65. The average molecular weight is 330 g/mol. The maximum Gasteiger partial charge on any atom is 0.333 e. The number of hydrazine groups is 1. The standard InChI is InChI=1S/C15H14N4O3S/c16-7-10-1-3-11(4-2-10)14(21)18-19-15(22)17-8-13(20)12-5-6-23-9-12/h1-6,9,13,20H,8H2,(H,18,21)(H2,17,19,22). The molecule has 1 atom stereocenters. The van der Waals surface area contributed by atoms with Gasteiger partial charge in [-0.3, -0.25) is 10.2 Å². The molecule has 0 saturated carbocycles. The van der Waals surface area contributed by atoms with E-state index in [1.807, 2.05) is 11.4 Å². The fourth-order valence-corrected chi connectivity index (χ4v) is 2.40. The summed E-state index contributed by atoms with van der Waals surface area (Å²) in [5.41, 5.74) is 5.89. The molecule has 2 rings (SSSR count). The van der Waals surface area contributed by atoms with Crippen LogP contribution >= 0.6 is 11.3 Å². The second-order valence-electron chi connectivity index (χ2n) is 4.55. The molecule has 0 spiro atoms. The van der Waals surface area contributed by atoms with Crippen LogP contribution in [0.15, 0.2) is 41.1 Å². The Labute approximate surface area is 136 Å². The van der Waals surface area contributed by atoms with Crippen molar-refractivity contribution in [1.29, 1.82) is 5.26 Å². The minimum atomic E-state index is -0.804. The second kappa shape index (κ2) is 7.93.